The molecule has 1 aromatic heterocycles. The highest BCUT2D eigenvalue weighted by Gasteiger charge is 2.18. The van der Waals surface area contributed by atoms with Crippen LogP contribution in [0.5, 0.6) is 0 Å². The molecule has 0 radical (unpaired) electrons. The Kier molecular flexibility index (Phi) is 6.02. The SMILES string of the molecule is COC[C@H](Cc1ccccc1)Nc1nc(N2CCCCC2)nc2ccccc12. The molecule has 5 heteroatoms. The van der Waals surface area contributed by atoms with Gasteiger partial charge < -0.3 is 15.0 Å². The van der Waals surface area contributed by atoms with Crippen LogP contribution in [0.2, 0.25) is 0 Å². The van der Waals surface area contributed by atoms with Gasteiger partial charge in [-0.05, 0) is 43.4 Å². The Hall–Kier alpha value is -2.66. The molecule has 5 nitrogen and oxygen atoms in total. The fourth-order valence-corrected chi connectivity index (χ4v) is 3.85. The molecule has 1 fully saturated rings. The van der Waals surface area contributed by atoms with E-state index in [-0.39, 0.29) is 6.04 Å². The number of methoxy groups -OCH3 is 1. The number of anilines is 2. The van der Waals surface area contributed by atoms with Crippen molar-refractivity contribution in [2.75, 3.05) is 37.0 Å². The van der Waals surface area contributed by atoms with Gasteiger partial charge in [0.05, 0.1) is 18.2 Å². The van der Waals surface area contributed by atoms with Crippen LogP contribution in [0.15, 0.2) is 54.6 Å². The van der Waals surface area contributed by atoms with Gasteiger partial charge in [0.15, 0.2) is 0 Å². The van der Waals surface area contributed by atoms with Crippen molar-refractivity contribution >= 4 is 22.7 Å². The van der Waals surface area contributed by atoms with Crippen molar-refractivity contribution in [3.63, 3.8) is 0 Å². The fourth-order valence-electron chi connectivity index (χ4n) is 3.85. The maximum Gasteiger partial charge on any atom is 0.227 e. The molecule has 4 rings (SSSR count). The van der Waals surface area contributed by atoms with Crippen molar-refractivity contribution in [2.24, 2.45) is 0 Å². The zero-order valence-electron chi connectivity index (χ0n) is 16.5. The highest BCUT2D eigenvalue weighted by molar-refractivity contribution is 5.90. The van der Waals surface area contributed by atoms with E-state index >= 15 is 0 Å². The van der Waals surface area contributed by atoms with Crippen LogP contribution in [0.1, 0.15) is 24.8 Å². The van der Waals surface area contributed by atoms with Crippen LogP contribution >= 0.6 is 0 Å². The van der Waals surface area contributed by atoms with Crippen molar-refractivity contribution in [3.8, 4) is 0 Å². The van der Waals surface area contributed by atoms with E-state index in [9.17, 15) is 0 Å². The number of hydrogen-bond acceptors (Lipinski definition) is 5. The molecule has 1 atom stereocenters. The average Bonchev–Trinajstić information content (AvgIpc) is 2.75. The maximum atomic E-state index is 5.49. The van der Waals surface area contributed by atoms with Gasteiger partial charge in [-0.15, -0.1) is 0 Å². The minimum Gasteiger partial charge on any atom is -0.383 e. The van der Waals surface area contributed by atoms with Gasteiger partial charge in [-0.25, -0.2) is 4.98 Å². The molecular formula is C23H28N4O. The number of aromatic nitrogens is 2. The summed E-state index contributed by atoms with van der Waals surface area (Å²) in [5.74, 6) is 1.72. The van der Waals surface area contributed by atoms with Crippen LogP contribution in [0.4, 0.5) is 11.8 Å². The molecule has 0 aliphatic carbocycles. The Morgan fingerprint density at radius 2 is 1.71 bits per heavy atom. The molecule has 1 saturated heterocycles. The van der Waals surface area contributed by atoms with E-state index in [1.54, 1.807) is 7.11 Å². The van der Waals surface area contributed by atoms with E-state index < -0.39 is 0 Å². The molecule has 1 aliphatic heterocycles. The number of fused-ring (bicyclic) bond motifs is 1. The highest BCUT2D eigenvalue weighted by atomic mass is 16.5. The van der Waals surface area contributed by atoms with E-state index in [0.717, 1.165) is 42.2 Å². The van der Waals surface area contributed by atoms with E-state index in [0.29, 0.717) is 6.61 Å². The van der Waals surface area contributed by atoms with Crippen LogP contribution in [0.25, 0.3) is 10.9 Å². The Bertz CT molecular complexity index is 894. The largest absolute Gasteiger partial charge is 0.383 e. The second-order valence-electron chi connectivity index (χ2n) is 7.42. The number of nitrogens with zero attached hydrogens (tertiary/aromatic N) is 3. The summed E-state index contributed by atoms with van der Waals surface area (Å²) in [6.45, 7) is 2.68. The van der Waals surface area contributed by atoms with Crippen LogP contribution in [-0.4, -0.2) is 42.8 Å². The lowest BCUT2D eigenvalue weighted by Gasteiger charge is -2.28. The van der Waals surface area contributed by atoms with Gasteiger partial charge in [-0.1, -0.05) is 42.5 Å². The molecule has 1 N–H and O–H groups in total. The third-order valence-electron chi connectivity index (χ3n) is 5.26. The number of piperidine rings is 1. The Balaban J connectivity index is 1.64. The average molecular weight is 377 g/mol. The van der Waals surface area contributed by atoms with Gasteiger partial charge in [-0.3, -0.25) is 0 Å². The summed E-state index contributed by atoms with van der Waals surface area (Å²) in [5.41, 5.74) is 2.27. The third-order valence-corrected chi connectivity index (χ3v) is 5.26. The molecular weight excluding hydrogens is 348 g/mol. The van der Waals surface area contributed by atoms with Gasteiger partial charge in [0.1, 0.15) is 5.82 Å². The monoisotopic (exact) mass is 376 g/mol. The summed E-state index contributed by atoms with van der Waals surface area (Å²) in [5, 5.41) is 4.70. The lowest BCUT2D eigenvalue weighted by atomic mass is 10.1. The van der Waals surface area contributed by atoms with Gasteiger partial charge in [0.25, 0.3) is 0 Å². The first-order valence-corrected chi connectivity index (χ1v) is 10.1. The zero-order valence-corrected chi connectivity index (χ0v) is 16.5. The van der Waals surface area contributed by atoms with E-state index in [1.807, 2.05) is 18.2 Å². The van der Waals surface area contributed by atoms with Crippen molar-refractivity contribution in [1.29, 1.82) is 0 Å². The first-order chi connectivity index (χ1) is 13.8. The molecule has 28 heavy (non-hydrogen) atoms. The minimum atomic E-state index is 0.139. The Labute approximate surface area is 166 Å². The summed E-state index contributed by atoms with van der Waals surface area (Å²) in [4.78, 5) is 12.1. The number of nitrogens with one attached hydrogen (secondary N) is 1. The smallest absolute Gasteiger partial charge is 0.227 e. The number of para-hydroxylation sites is 1. The van der Waals surface area contributed by atoms with Gasteiger partial charge in [0, 0.05) is 25.6 Å². The summed E-state index contributed by atoms with van der Waals surface area (Å²) in [6, 6.07) is 18.9. The van der Waals surface area contributed by atoms with Crippen LogP contribution in [0.3, 0.4) is 0 Å². The number of rotatable bonds is 7. The molecule has 0 saturated carbocycles. The fraction of sp³-hybridized carbons (Fsp3) is 0.391. The van der Waals surface area contributed by atoms with E-state index in [4.69, 9.17) is 14.7 Å². The minimum absolute atomic E-state index is 0.139. The van der Waals surface area contributed by atoms with Crippen molar-refractivity contribution < 1.29 is 4.74 Å². The molecule has 0 amide bonds. The summed E-state index contributed by atoms with van der Waals surface area (Å²) < 4.78 is 5.49. The molecule has 0 unspecified atom stereocenters. The molecule has 2 heterocycles. The quantitative estimate of drug-likeness (QED) is 0.667. The van der Waals surface area contributed by atoms with Crippen molar-refractivity contribution in [2.45, 2.75) is 31.7 Å². The van der Waals surface area contributed by atoms with E-state index in [1.165, 1.54) is 24.8 Å². The van der Waals surface area contributed by atoms with E-state index in [2.05, 4.69) is 46.6 Å². The number of benzene rings is 2. The molecule has 1 aliphatic rings. The second-order valence-corrected chi connectivity index (χ2v) is 7.42. The van der Waals surface area contributed by atoms with Gasteiger partial charge >= 0.3 is 0 Å². The van der Waals surface area contributed by atoms with Gasteiger partial charge in [-0.2, -0.15) is 4.98 Å². The summed E-state index contributed by atoms with van der Waals surface area (Å²) in [7, 11) is 1.75. The molecule has 2 aromatic carbocycles. The molecule has 3 aromatic rings. The molecule has 146 valence electrons. The summed E-state index contributed by atoms with van der Waals surface area (Å²) in [6.07, 6.45) is 4.59. The lowest BCUT2D eigenvalue weighted by Crippen LogP contribution is -2.32. The zero-order chi connectivity index (χ0) is 19.2. The first-order valence-electron chi connectivity index (χ1n) is 10.1. The normalized spacial score (nSPS) is 15.5. The highest BCUT2D eigenvalue weighted by Crippen LogP contribution is 2.26. The second kappa shape index (κ2) is 9.02. The van der Waals surface area contributed by atoms with Crippen LogP contribution in [-0.2, 0) is 11.2 Å². The molecule has 0 bridgehead atoms. The maximum absolute atomic E-state index is 5.49. The van der Waals surface area contributed by atoms with Gasteiger partial charge in [0.2, 0.25) is 5.95 Å². The van der Waals surface area contributed by atoms with Crippen LogP contribution in [0, 0.1) is 0 Å². The number of hydrogen-bond donors (Lipinski definition) is 1. The summed E-state index contributed by atoms with van der Waals surface area (Å²) >= 11 is 0. The lowest BCUT2D eigenvalue weighted by molar-refractivity contribution is 0.185. The van der Waals surface area contributed by atoms with Crippen molar-refractivity contribution in [1.82, 2.24) is 9.97 Å². The number of ether oxygens (including phenoxy) is 1. The first kappa shape index (κ1) is 18.7. The Morgan fingerprint density at radius 1 is 0.964 bits per heavy atom. The van der Waals surface area contributed by atoms with Crippen molar-refractivity contribution in [3.05, 3.63) is 60.2 Å². The predicted octanol–water partition coefficient (Wildman–Crippen LogP) is 4.29. The standard InChI is InChI=1S/C23H28N4O/c1-28-17-19(16-18-10-4-2-5-11-18)24-22-20-12-6-7-13-21(20)25-23(26-22)27-14-8-3-9-15-27/h2,4-7,10-13,19H,3,8-9,14-17H2,1H3,(H,24,25,26)/t19-/m0/s1. The molecule has 0 spiro atoms. The van der Waals surface area contributed by atoms with Crippen LogP contribution < -0.4 is 10.2 Å². The third kappa shape index (κ3) is 4.42. The predicted molar refractivity (Wildman–Crippen MR) is 115 cm³/mol. The topological polar surface area (TPSA) is 50.3 Å². The Morgan fingerprint density at radius 3 is 2.50 bits per heavy atom.